The van der Waals surface area contributed by atoms with Gasteiger partial charge in [-0.1, -0.05) is 37.1 Å². The van der Waals surface area contributed by atoms with Gasteiger partial charge in [-0.2, -0.15) is 0 Å². The maximum atomic E-state index is 12.6. The van der Waals surface area contributed by atoms with Gasteiger partial charge in [-0.3, -0.25) is 9.59 Å². The molecule has 6 heteroatoms. The third-order valence-electron chi connectivity index (χ3n) is 5.06. The SMILES string of the molecule is COc1ccc(CCNC(=O)c2ccccc2NC(=O)CSC2CCCC2)cc1. The monoisotopic (exact) mass is 412 g/mol. The van der Waals surface area contributed by atoms with Gasteiger partial charge in [-0.15, -0.1) is 11.8 Å². The van der Waals surface area contributed by atoms with Gasteiger partial charge in [-0.25, -0.2) is 0 Å². The van der Waals surface area contributed by atoms with E-state index in [9.17, 15) is 9.59 Å². The molecule has 5 nitrogen and oxygen atoms in total. The first kappa shape index (κ1) is 21.2. The van der Waals surface area contributed by atoms with Crippen molar-refractivity contribution in [2.24, 2.45) is 0 Å². The van der Waals surface area contributed by atoms with Gasteiger partial charge in [0, 0.05) is 11.8 Å². The van der Waals surface area contributed by atoms with Crippen LogP contribution in [0.3, 0.4) is 0 Å². The lowest BCUT2D eigenvalue weighted by Crippen LogP contribution is -2.27. The Balaban J connectivity index is 1.50. The molecule has 2 N–H and O–H groups in total. The fraction of sp³-hybridized carbons (Fsp3) is 0.391. The lowest BCUT2D eigenvalue weighted by molar-refractivity contribution is -0.113. The number of para-hydroxylation sites is 1. The Morgan fingerprint density at radius 2 is 1.79 bits per heavy atom. The van der Waals surface area contributed by atoms with E-state index < -0.39 is 0 Å². The third-order valence-corrected chi connectivity index (χ3v) is 6.43. The number of ether oxygens (including phenoxy) is 1. The van der Waals surface area contributed by atoms with Crippen LogP contribution in [0, 0.1) is 0 Å². The van der Waals surface area contributed by atoms with Crippen molar-refractivity contribution in [3.8, 4) is 5.75 Å². The molecule has 29 heavy (non-hydrogen) atoms. The lowest BCUT2D eigenvalue weighted by Gasteiger charge is -2.13. The molecule has 2 aromatic carbocycles. The van der Waals surface area contributed by atoms with Gasteiger partial charge in [0.25, 0.3) is 5.91 Å². The van der Waals surface area contributed by atoms with Gasteiger partial charge in [-0.05, 0) is 49.1 Å². The van der Waals surface area contributed by atoms with Crippen LogP contribution in [0.4, 0.5) is 5.69 Å². The largest absolute Gasteiger partial charge is 0.497 e. The Morgan fingerprint density at radius 3 is 2.52 bits per heavy atom. The number of carbonyl (C=O) groups is 2. The highest BCUT2D eigenvalue weighted by Gasteiger charge is 2.18. The van der Waals surface area contributed by atoms with Crippen molar-refractivity contribution in [1.29, 1.82) is 0 Å². The smallest absolute Gasteiger partial charge is 0.253 e. The van der Waals surface area contributed by atoms with E-state index in [-0.39, 0.29) is 11.8 Å². The first-order chi connectivity index (χ1) is 14.2. The van der Waals surface area contributed by atoms with Crippen LogP contribution in [-0.4, -0.2) is 36.5 Å². The number of methoxy groups -OCH3 is 1. The molecule has 3 rings (SSSR count). The van der Waals surface area contributed by atoms with E-state index in [1.807, 2.05) is 30.3 Å². The van der Waals surface area contributed by atoms with Gasteiger partial charge in [0.2, 0.25) is 5.91 Å². The second-order valence-electron chi connectivity index (χ2n) is 7.17. The molecule has 1 saturated carbocycles. The summed E-state index contributed by atoms with van der Waals surface area (Å²) in [5.41, 5.74) is 2.17. The Bertz CT molecular complexity index is 817. The number of anilines is 1. The predicted molar refractivity (Wildman–Crippen MR) is 119 cm³/mol. The molecule has 1 aliphatic carbocycles. The Morgan fingerprint density at radius 1 is 1.07 bits per heavy atom. The number of hydrogen-bond acceptors (Lipinski definition) is 4. The van der Waals surface area contributed by atoms with Gasteiger partial charge in [0.1, 0.15) is 5.75 Å². The Labute approximate surface area is 176 Å². The maximum Gasteiger partial charge on any atom is 0.253 e. The Hall–Kier alpha value is -2.47. The molecule has 0 heterocycles. The van der Waals surface area contributed by atoms with Crippen molar-refractivity contribution < 1.29 is 14.3 Å². The predicted octanol–water partition coefficient (Wildman–Crippen LogP) is 4.28. The quantitative estimate of drug-likeness (QED) is 0.645. The van der Waals surface area contributed by atoms with Crippen LogP contribution in [0.5, 0.6) is 5.75 Å². The maximum absolute atomic E-state index is 12.6. The molecule has 154 valence electrons. The summed E-state index contributed by atoms with van der Waals surface area (Å²) in [4.78, 5) is 24.9. The van der Waals surface area contributed by atoms with Crippen molar-refractivity contribution in [3.63, 3.8) is 0 Å². The standard InChI is InChI=1S/C23H28N2O3S/c1-28-18-12-10-17(11-13-18)14-15-24-23(27)20-8-4-5-9-21(20)25-22(26)16-29-19-6-2-3-7-19/h4-5,8-13,19H,2-3,6-7,14-16H2,1H3,(H,24,27)(H,25,26). The van der Waals surface area contributed by atoms with Gasteiger partial charge in [0.05, 0.1) is 24.1 Å². The van der Waals surface area contributed by atoms with E-state index in [1.165, 1.54) is 25.7 Å². The van der Waals surface area contributed by atoms with Crippen LogP contribution < -0.4 is 15.4 Å². The average Bonchev–Trinajstić information content (AvgIpc) is 3.27. The third kappa shape index (κ3) is 6.53. The number of amides is 2. The van der Waals surface area contributed by atoms with Crippen LogP contribution in [-0.2, 0) is 11.2 Å². The fourth-order valence-electron chi connectivity index (χ4n) is 3.43. The highest BCUT2D eigenvalue weighted by Crippen LogP contribution is 2.29. The van der Waals surface area contributed by atoms with Crippen LogP contribution >= 0.6 is 11.8 Å². The van der Waals surface area contributed by atoms with Crippen LogP contribution in [0.2, 0.25) is 0 Å². The lowest BCUT2D eigenvalue weighted by atomic mass is 10.1. The zero-order valence-corrected chi connectivity index (χ0v) is 17.6. The van der Waals surface area contributed by atoms with Gasteiger partial charge in [0.15, 0.2) is 0 Å². The molecule has 0 aromatic heterocycles. The molecule has 2 aromatic rings. The molecule has 0 radical (unpaired) electrons. The zero-order valence-electron chi connectivity index (χ0n) is 16.8. The minimum atomic E-state index is -0.183. The normalized spacial score (nSPS) is 13.8. The molecule has 0 unspecified atom stereocenters. The molecule has 0 spiro atoms. The molecular formula is C23H28N2O3S. The molecule has 2 amide bonds. The second kappa shape index (κ2) is 10.9. The average molecular weight is 413 g/mol. The van der Waals surface area contributed by atoms with Crippen LogP contribution in [0.25, 0.3) is 0 Å². The fourth-order valence-corrected chi connectivity index (χ4v) is 4.56. The van der Waals surface area contributed by atoms with Crippen LogP contribution in [0.1, 0.15) is 41.6 Å². The van der Waals surface area contributed by atoms with Gasteiger partial charge >= 0.3 is 0 Å². The summed E-state index contributed by atoms with van der Waals surface area (Å²) in [6.07, 6.45) is 5.65. The highest BCUT2D eigenvalue weighted by molar-refractivity contribution is 8.00. The minimum Gasteiger partial charge on any atom is -0.497 e. The highest BCUT2D eigenvalue weighted by atomic mass is 32.2. The number of hydrogen-bond donors (Lipinski definition) is 2. The first-order valence-corrected chi connectivity index (χ1v) is 11.1. The van der Waals surface area contributed by atoms with Crippen molar-refractivity contribution >= 4 is 29.3 Å². The van der Waals surface area contributed by atoms with Crippen molar-refractivity contribution in [3.05, 3.63) is 59.7 Å². The molecule has 1 fully saturated rings. The molecule has 0 atom stereocenters. The number of rotatable bonds is 9. The molecule has 1 aliphatic rings. The first-order valence-electron chi connectivity index (χ1n) is 10.1. The minimum absolute atomic E-state index is 0.0552. The number of carbonyl (C=O) groups excluding carboxylic acids is 2. The number of thioether (sulfide) groups is 1. The molecule has 0 aliphatic heterocycles. The summed E-state index contributed by atoms with van der Waals surface area (Å²) in [5, 5.41) is 6.44. The van der Waals surface area contributed by atoms with E-state index in [2.05, 4.69) is 10.6 Å². The molecular weight excluding hydrogens is 384 g/mol. The topological polar surface area (TPSA) is 67.4 Å². The number of nitrogens with one attached hydrogen (secondary N) is 2. The van der Waals surface area contributed by atoms with E-state index >= 15 is 0 Å². The summed E-state index contributed by atoms with van der Waals surface area (Å²) in [5.74, 6) is 1.00. The van der Waals surface area contributed by atoms with Gasteiger partial charge < -0.3 is 15.4 Å². The zero-order chi connectivity index (χ0) is 20.5. The van der Waals surface area contributed by atoms with Crippen LogP contribution in [0.15, 0.2) is 48.5 Å². The summed E-state index contributed by atoms with van der Waals surface area (Å²) in [7, 11) is 1.64. The van der Waals surface area contributed by atoms with E-state index in [0.29, 0.717) is 28.8 Å². The van der Waals surface area contributed by atoms with Crippen molar-refractivity contribution in [2.75, 3.05) is 24.7 Å². The Kier molecular flexibility index (Phi) is 7.99. The van der Waals surface area contributed by atoms with E-state index in [0.717, 1.165) is 17.7 Å². The second-order valence-corrected chi connectivity index (χ2v) is 8.45. The number of benzene rings is 2. The summed E-state index contributed by atoms with van der Waals surface area (Å²) in [6, 6.07) is 14.9. The van der Waals surface area contributed by atoms with E-state index in [4.69, 9.17) is 4.74 Å². The summed E-state index contributed by atoms with van der Waals surface area (Å²) in [6.45, 7) is 0.519. The molecule has 0 bridgehead atoms. The van der Waals surface area contributed by atoms with Crippen molar-refractivity contribution in [2.45, 2.75) is 37.4 Å². The molecule has 0 saturated heterocycles. The van der Waals surface area contributed by atoms with Crippen molar-refractivity contribution in [1.82, 2.24) is 5.32 Å². The summed E-state index contributed by atoms with van der Waals surface area (Å²) < 4.78 is 5.15. The summed E-state index contributed by atoms with van der Waals surface area (Å²) >= 11 is 1.72. The van der Waals surface area contributed by atoms with E-state index in [1.54, 1.807) is 37.1 Å².